The molecule has 0 aliphatic carbocycles. The molecule has 45 heavy (non-hydrogen) atoms. The van der Waals surface area contributed by atoms with E-state index in [0.29, 0.717) is 11.1 Å². The molecule has 0 bridgehead atoms. The molecule has 13 heteroatoms. The summed E-state index contributed by atoms with van der Waals surface area (Å²) in [5, 5.41) is 16.4. The maximum atomic E-state index is 13.6. The number of allylic oxidation sites excluding steroid dienone is 1. The van der Waals surface area contributed by atoms with E-state index in [1.807, 2.05) is 17.5 Å². The number of nitrogens with one attached hydrogen (secondary N) is 2. The van der Waals surface area contributed by atoms with E-state index in [0.717, 1.165) is 9.78 Å². The van der Waals surface area contributed by atoms with Gasteiger partial charge in [0.25, 0.3) is 11.8 Å². The van der Waals surface area contributed by atoms with Gasteiger partial charge in [0.1, 0.15) is 29.8 Å². The number of ether oxygens (including phenoxy) is 1. The highest BCUT2D eigenvalue weighted by Crippen LogP contribution is 2.40. The van der Waals surface area contributed by atoms with Gasteiger partial charge in [-0.3, -0.25) is 28.9 Å². The molecule has 3 N–H and O–H groups in total. The molecule has 11 nitrogen and oxygen atoms in total. The molecular weight excluding hydrogens is 618 g/mol. The van der Waals surface area contributed by atoms with E-state index >= 15 is 0 Å². The molecule has 1 fully saturated rings. The molecule has 0 spiro atoms. The Bertz CT molecular complexity index is 1700. The fraction of sp³-hybridized carbons (Fsp3) is 0.188. The third-order valence-corrected chi connectivity index (χ3v) is 9.22. The first-order valence-corrected chi connectivity index (χ1v) is 15.6. The number of esters is 1. The first-order valence-electron chi connectivity index (χ1n) is 13.7. The van der Waals surface area contributed by atoms with Crippen LogP contribution in [0.3, 0.4) is 0 Å². The Labute approximate surface area is 265 Å². The van der Waals surface area contributed by atoms with E-state index in [1.165, 1.54) is 60.4 Å². The van der Waals surface area contributed by atoms with Crippen LogP contribution in [0.4, 0.5) is 0 Å². The summed E-state index contributed by atoms with van der Waals surface area (Å²) in [6.07, 6.45) is 3.18. The molecule has 5 rings (SSSR count). The number of amides is 3. The van der Waals surface area contributed by atoms with Gasteiger partial charge in [-0.25, -0.2) is 4.79 Å². The van der Waals surface area contributed by atoms with E-state index in [9.17, 15) is 33.9 Å². The summed E-state index contributed by atoms with van der Waals surface area (Å²) < 4.78 is 4.95. The quantitative estimate of drug-likeness (QED) is 0.123. The van der Waals surface area contributed by atoms with Gasteiger partial charge < -0.3 is 20.5 Å². The molecule has 0 saturated carbocycles. The summed E-state index contributed by atoms with van der Waals surface area (Å²) in [4.78, 5) is 77.7. The zero-order chi connectivity index (χ0) is 32.1. The highest BCUT2D eigenvalue weighted by atomic mass is 32.2. The Kier molecular flexibility index (Phi) is 9.59. The number of ketones is 1. The van der Waals surface area contributed by atoms with Gasteiger partial charge >= 0.3 is 11.9 Å². The molecule has 3 aromatic rings. The van der Waals surface area contributed by atoms with Crippen LogP contribution in [0.1, 0.15) is 44.1 Å². The Hall–Kier alpha value is -5.01. The van der Waals surface area contributed by atoms with Crippen molar-refractivity contribution < 1.29 is 38.6 Å². The summed E-state index contributed by atoms with van der Waals surface area (Å²) in [5.41, 5.74) is 1.07. The minimum atomic E-state index is -1.35. The van der Waals surface area contributed by atoms with Gasteiger partial charge in [-0.2, -0.15) is 0 Å². The maximum absolute atomic E-state index is 13.6. The fourth-order valence-corrected chi connectivity index (χ4v) is 6.75. The number of fused-ring (bicyclic) bond motifs is 1. The number of carbonyl (C=O) groups is 6. The number of carboxylic acids is 1. The Morgan fingerprint density at radius 2 is 1.73 bits per heavy atom. The monoisotopic (exact) mass is 645 g/mol. The van der Waals surface area contributed by atoms with Gasteiger partial charge in [0.05, 0.1) is 0 Å². The first kappa shape index (κ1) is 31.4. The molecule has 2 aliphatic heterocycles. The van der Waals surface area contributed by atoms with Crippen LogP contribution in [-0.2, 0) is 23.9 Å². The molecule has 0 radical (unpaired) electrons. The lowest BCUT2D eigenvalue weighted by molar-refractivity contribution is -0.151. The highest BCUT2D eigenvalue weighted by Gasteiger charge is 2.54. The number of β-lactam (4-membered cyclic amide) rings is 1. The van der Waals surface area contributed by atoms with Crippen LogP contribution < -0.4 is 10.6 Å². The summed E-state index contributed by atoms with van der Waals surface area (Å²) in [6.45, 7) is 0.935. The lowest BCUT2D eigenvalue weighted by atomic mass is 10.0. The number of thiophene rings is 1. The SMILES string of the molecule is CC(=O)OCC1=C(C(=O)O)N2C(=O)[C@@H](NC(=O)C(NC(=O)c3ccc(C(=O)C=Cc4cccs4)cc3)c3ccccc3)[C@H]2SC1. The Balaban J connectivity index is 1.28. The summed E-state index contributed by atoms with van der Waals surface area (Å²) >= 11 is 2.73. The van der Waals surface area contributed by atoms with Crippen LogP contribution in [0.15, 0.2) is 89.5 Å². The lowest BCUT2D eigenvalue weighted by Gasteiger charge is -2.49. The smallest absolute Gasteiger partial charge is 0.352 e. The van der Waals surface area contributed by atoms with E-state index in [2.05, 4.69) is 10.6 Å². The van der Waals surface area contributed by atoms with Gasteiger partial charge in [-0.1, -0.05) is 48.5 Å². The number of hydrogen-bond donors (Lipinski definition) is 3. The number of aliphatic carboxylic acids is 1. The predicted octanol–water partition coefficient (Wildman–Crippen LogP) is 3.42. The van der Waals surface area contributed by atoms with E-state index in [-0.39, 0.29) is 35.0 Å². The van der Waals surface area contributed by atoms with Crippen LogP contribution in [0.25, 0.3) is 6.08 Å². The molecule has 2 aromatic carbocycles. The van der Waals surface area contributed by atoms with Crippen LogP contribution in [-0.4, -0.2) is 69.2 Å². The molecule has 3 amide bonds. The van der Waals surface area contributed by atoms with Crippen LogP contribution in [0.2, 0.25) is 0 Å². The molecule has 3 atom stereocenters. The van der Waals surface area contributed by atoms with Crippen molar-refractivity contribution in [2.24, 2.45) is 0 Å². The maximum Gasteiger partial charge on any atom is 0.352 e. The number of rotatable bonds is 11. The summed E-state index contributed by atoms with van der Waals surface area (Å²) in [7, 11) is 0. The van der Waals surface area contributed by atoms with Crippen molar-refractivity contribution in [3.8, 4) is 0 Å². The van der Waals surface area contributed by atoms with Gasteiger partial charge in [-0.05, 0) is 41.3 Å². The first-order chi connectivity index (χ1) is 21.6. The number of thioether (sulfide) groups is 1. The molecule has 2 aliphatic rings. The summed E-state index contributed by atoms with van der Waals surface area (Å²) in [6, 6.07) is 16.0. The highest BCUT2D eigenvalue weighted by molar-refractivity contribution is 8.00. The number of carboxylic acid groups (broad SMARTS) is 1. The number of nitrogens with zero attached hydrogens (tertiary/aromatic N) is 1. The minimum Gasteiger partial charge on any atom is -0.477 e. The van der Waals surface area contributed by atoms with Crippen LogP contribution in [0, 0.1) is 0 Å². The topological polar surface area (TPSA) is 159 Å². The Morgan fingerprint density at radius 1 is 1.02 bits per heavy atom. The zero-order valence-electron chi connectivity index (χ0n) is 23.8. The van der Waals surface area contributed by atoms with E-state index < -0.39 is 47.1 Å². The minimum absolute atomic E-state index is 0.177. The van der Waals surface area contributed by atoms with Gasteiger partial charge in [0, 0.05) is 34.3 Å². The van der Waals surface area contributed by atoms with Crippen molar-refractivity contribution in [3.05, 3.63) is 111 Å². The second kappa shape index (κ2) is 13.7. The molecule has 1 saturated heterocycles. The standard InChI is InChI=1S/C32H27N3O8S2/c1-18(36)43-16-22-17-45-31-26(30(40)35(31)27(22)32(41)42)34-29(39)25(20-6-3-2-4-7-20)33-28(38)21-11-9-19(10-12-21)24(37)14-13-23-8-5-15-44-23/h2-15,25-26,31H,16-17H2,1H3,(H,33,38)(H,34,39)(H,41,42)/t25?,26-,31-/m1/s1. The molecule has 1 unspecified atom stereocenters. The average Bonchev–Trinajstić information content (AvgIpc) is 3.57. The van der Waals surface area contributed by atoms with Gasteiger partial charge in [0.15, 0.2) is 5.78 Å². The van der Waals surface area contributed by atoms with Crippen molar-refractivity contribution >= 4 is 64.6 Å². The summed E-state index contributed by atoms with van der Waals surface area (Å²) in [5.74, 6) is -3.85. The molecule has 230 valence electrons. The number of hydrogen-bond acceptors (Lipinski definition) is 9. The van der Waals surface area contributed by atoms with Crippen molar-refractivity contribution in [2.45, 2.75) is 24.4 Å². The molecule has 1 aromatic heterocycles. The molecular formula is C32H27N3O8S2. The third-order valence-electron chi connectivity index (χ3n) is 7.04. The number of carbonyl (C=O) groups excluding carboxylic acids is 5. The Morgan fingerprint density at radius 3 is 2.38 bits per heavy atom. The van der Waals surface area contributed by atoms with E-state index in [1.54, 1.807) is 36.4 Å². The zero-order valence-corrected chi connectivity index (χ0v) is 25.4. The second-order valence-electron chi connectivity index (χ2n) is 10.0. The van der Waals surface area contributed by atoms with Crippen molar-refractivity contribution in [1.29, 1.82) is 0 Å². The van der Waals surface area contributed by atoms with Gasteiger partial charge in [0.2, 0.25) is 5.91 Å². The van der Waals surface area contributed by atoms with Crippen LogP contribution in [0.5, 0.6) is 0 Å². The average molecular weight is 646 g/mol. The van der Waals surface area contributed by atoms with Gasteiger partial charge in [-0.15, -0.1) is 23.1 Å². The molecule has 3 heterocycles. The van der Waals surface area contributed by atoms with E-state index in [4.69, 9.17) is 4.74 Å². The number of benzene rings is 2. The largest absolute Gasteiger partial charge is 0.477 e. The third kappa shape index (κ3) is 7.05. The van der Waals surface area contributed by atoms with Crippen molar-refractivity contribution in [3.63, 3.8) is 0 Å². The van der Waals surface area contributed by atoms with Crippen LogP contribution >= 0.6 is 23.1 Å². The fourth-order valence-electron chi connectivity index (χ4n) is 4.81. The van der Waals surface area contributed by atoms with Crippen molar-refractivity contribution in [2.75, 3.05) is 12.4 Å². The normalized spacial score (nSPS) is 18.1. The predicted molar refractivity (Wildman–Crippen MR) is 167 cm³/mol. The lowest BCUT2D eigenvalue weighted by Crippen LogP contribution is -2.71. The van der Waals surface area contributed by atoms with Crippen molar-refractivity contribution in [1.82, 2.24) is 15.5 Å². The second-order valence-corrected chi connectivity index (χ2v) is 12.1.